The van der Waals surface area contributed by atoms with E-state index in [0.717, 1.165) is 19.3 Å². The third-order valence-corrected chi connectivity index (χ3v) is 6.47. The van der Waals surface area contributed by atoms with E-state index < -0.39 is 0 Å². The molecule has 168 valence electrons. The van der Waals surface area contributed by atoms with E-state index in [0.29, 0.717) is 52.6 Å². The number of nitrogens with zero attached hydrogens (tertiary/aromatic N) is 2. The van der Waals surface area contributed by atoms with E-state index in [9.17, 15) is 14.0 Å². The van der Waals surface area contributed by atoms with Crippen LogP contribution in [0.2, 0.25) is 0 Å². The molecule has 0 spiro atoms. The largest absolute Gasteiger partial charge is 0.376 e. The molecule has 1 unspecified atom stereocenters. The highest BCUT2D eigenvalue weighted by Gasteiger charge is 2.21. The van der Waals surface area contributed by atoms with Crippen LogP contribution in [-0.2, 0) is 17.0 Å². The molecule has 1 N–H and O–H groups in total. The fraction of sp³-hybridized carbons (Fsp3) is 0.375. The molecule has 3 aromatic rings. The molecule has 4 rings (SSSR count). The van der Waals surface area contributed by atoms with Crippen LogP contribution in [0.15, 0.2) is 52.4 Å². The fourth-order valence-electron chi connectivity index (χ4n) is 3.70. The lowest BCUT2D eigenvalue weighted by Gasteiger charge is -2.17. The van der Waals surface area contributed by atoms with Crippen molar-refractivity contribution in [1.82, 2.24) is 14.9 Å². The molecule has 2 aromatic carbocycles. The van der Waals surface area contributed by atoms with Crippen LogP contribution in [0.25, 0.3) is 10.9 Å². The zero-order valence-corrected chi connectivity index (χ0v) is 18.8. The van der Waals surface area contributed by atoms with Crippen LogP contribution in [0.1, 0.15) is 42.1 Å². The van der Waals surface area contributed by atoms with Gasteiger partial charge in [0.25, 0.3) is 11.5 Å². The monoisotopic (exact) mass is 455 g/mol. The summed E-state index contributed by atoms with van der Waals surface area (Å²) in [6, 6.07) is 11.5. The van der Waals surface area contributed by atoms with Crippen LogP contribution in [0, 0.1) is 5.82 Å². The minimum Gasteiger partial charge on any atom is -0.376 e. The molecular formula is C24H26FN3O3S. The number of nitrogens with one attached hydrogen (secondary N) is 1. The van der Waals surface area contributed by atoms with Gasteiger partial charge in [0.05, 0.1) is 23.6 Å². The van der Waals surface area contributed by atoms with E-state index in [1.165, 1.54) is 17.8 Å². The third kappa shape index (κ3) is 5.02. The van der Waals surface area contributed by atoms with E-state index in [1.807, 2.05) is 6.92 Å². The Morgan fingerprint density at radius 1 is 1.31 bits per heavy atom. The number of benzene rings is 2. The van der Waals surface area contributed by atoms with Crippen LogP contribution in [-0.4, -0.2) is 34.7 Å². The first kappa shape index (κ1) is 22.5. The van der Waals surface area contributed by atoms with Gasteiger partial charge < -0.3 is 10.1 Å². The maximum absolute atomic E-state index is 14.1. The van der Waals surface area contributed by atoms with Crippen molar-refractivity contribution in [3.05, 3.63) is 69.8 Å². The number of hydrogen-bond donors (Lipinski definition) is 1. The minimum absolute atomic E-state index is 0.0427. The maximum atomic E-state index is 14.1. The predicted octanol–water partition coefficient (Wildman–Crippen LogP) is 4.15. The number of thioether (sulfide) groups is 1. The molecule has 1 aromatic heterocycles. The van der Waals surface area contributed by atoms with E-state index in [-0.39, 0.29) is 23.4 Å². The van der Waals surface area contributed by atoms with Gasteiger partial charge in [-0.2, -0.15) is 0 Å². The van der Waals surface area contributed by atoms with Gasteiger partial charge in [0.2, 0.25) is 0 Å². The molecule has 8 heteroatoms. The van der Waals surface area contributed by atoms with Crippen LogP contribution in [0.4, 0.5) is 4.39 Å². The number of halogens is 1. The Bertz CT molecular complexity index is 1170. The number of hydrogen-bond acceptors (Lipinski definition) is 5. The van der Waals surface area contributed by atoms with Crippen LogP contribution >= 0.6 is 11.8 Å². The topological polar surface area (TPSA) is 73.2 Å². The van der Waals surface area contributed by atoms with Gasteiger partial charge in [0.15, 0.2) is 5.16 Å². The zero-order chi connectivity index (χ0) is 22.5. The molecule has 1 amide bonds. The number of carbonyl (C=O) groups is 1. The zero-order valence-electron chi connectivity index (χ0n) is 18.0. The van der Waals surface area contributed by atoms with Gasteiger partial charge in [0, 0.05) is 24.5 Å². The Kier molecular flexibility index (Phi) is 7.22. The summed E-state index contributed by atoms with van der Waals surface area (Å²) in [5.41, 5.74) is 1.28. The number of fused-ring (bicyclic) bond motifs is 1. The SMILES string of the molecule is CCCNC(=O)c1ccc2c(=O)n(CC3CCCO3)c(SCc3ccccc3F)nc2c1. The Morgan fingerprint density at radius 3 is 2.91 bits per heavy atom. The maximum Gasteiger partial charge on any atom is 0.262 e. The quantitative estimate of drug-likeness (QED) is 0.408. The minimum atomic E-state index is -0.288. The highest BCUT2D eigenvalue weighted by Crippen LogP contribution is 2.25. The standard InChI is InChI=1S/C24H26FN3O3S/c1-2-11-26-22(29)16-9-10-19-21(13-16)27-24(32-15-17-6-3-4-8-20(17)25)28(23(19)30)14-18-7-5-12-31-18/h3-4,6,8-10,13,18H,2,5,7,11-12,14-15H2,1H3,(H,26,29). The van der Waals surface area contributed by atoms with Crippen molar-refractivity contribution < 1.29 is 13.9 Å². The van der Waals surface area contributed by atoms with Gasteiger partial charge in [-0.05, 0) is 49.1 Å². The molecule has 1 fully saturated rings. The molecule has 1 aliphatic heterocycles. The van der Waals surface area contributed by atoms with E-state index in [4.69, 9.17) is 9.72 Å². The summed E-state index contributed by atoms with van der Waals surface area (Å²) < 4.78 is 21.5. The molecule has 6 nitrogen and oxygen atoms in total. The van der Waals surface area contributed by atoms with Gasteiger partial charge in [-0.25, -0.2) is 9.37 Å². The lowest BCUT2D eigenvalue weighted by Crippen LogP contribution is -2.29. The van der Waals surface area contributed by atoms with Gasteiger partial charge >= 0.3 is 0 Å². The van der Waals surface area contributed by atoms with Crippen LogP contribution < -0.4 is 10.9 Å². The molecule has 1 saturated heterocycles. The average molecular weight is 456 g/mol. The molecule has 0 saturated carbocycles. The second kappa shape index (κ2) is 10.3. The van der Waals surface area contributed by atoms with Gasteiger partial charge in [-0.15, -0.1) is 0 Å². The lowest BCUT2D eigenvalue weighted by molar-refractivity contribution is 0.0937. The Balaban J connectivity index is 1.71. The molecule has 32 heavy (non-hydrogen) atoms. The summed E-state index contributed by atoms with van der Waals surface area (Å²) in [6.07, 6.45) is 2.65. The number of rotatable bonds is 8. The molecule has 2 heterocycles. The number of aromatic nitrogens is 2. The lowest BCUT2D eigenvalue weighted by atomic mass is 10.1. The van der Waals surface area contributed by atoms with Gasteiger partial charge in [-0.3, -0.25) is 14.2 Å². The normalized spacial score (nSPS) is 15.9. The average Bonchev–Trinajstić information content (AvgIpc) is 3.32. The van der Waals surface area contributed by atoms with Crippen molar-refractivity contribution in [2.75, 3.05) is 13.2 Å². The summed E-state index contributed by atoms with van der Waals surface area (Å²) >= 11 is 1.31. The molecule has 0 bridgehead atoms. The molecule has 0 radical (unpaired) electrons. The summed E-state index contributed by atoms with van der Waals surface area (Å²) in [6.45, 7) is 3.66. The number of ether oxygens (including phenoxy) is 1. The number of amides is 1. The van der Waals surface area contributed by atoms with Crippen molar-refractivity contribution in [1.29, 1.82) is 0 Å². The summed E-state index contributed by atoms with van der Waals surface area (Å²) in [4.78, 5) is 30.4. The van der Waals surface area contributed by atoms with Crippen LogP contribution in [0.3, 0.4) is 0 Å². The van der Waals surface area contributed by atoms with Crippen molar-refractivity contribution in [2.45, 2.75) is 49.7 Å². The van der Waals surface area contributed by atoms with Crippen molar-refractivity contribution in [3.8, 4) is 0 Å². The number of carbonyl (C=O) groups excluding carboxylic acids is 1. The second-order valence-electron chi connectivity index (χ2n) is 7.81. The summed E-state index contributed by atoms with van der Waals surface area (Å²) in [7, 11) is 0. The molecule has 0 aliphatic carbocycles. The second-order valence-corrected chi connectivity index (χ2v) is 8.76. The first-order valence-electron chi connectivity index (χ1n) is 10.9. The van der Waals surface area contributed by atoms with Crippen molar-refractivity contribution in [2.24, 2.45) is 0 Å². The Morgan fingerprint density at radius 2 is 2.16 bits per heavy atom. The van der Waals surface area contributed by atoms with Crippen molar-refractivity contribution in [3.63, 3.8) is 0 Å². The molecule has 1 aliphatic rings. The van der Waals surface area contributed by atoms with E-state index >= 15 is 0 Å². The Hall–Kier alpha value is -2.71. The first-order chi connectivity index (χ1) is 15.6. The summed E-state index contributed by atoms with van der Waals surface area (Å²) in [5.74, 6) is -0.143. The summed E-state index contributed by atoms with van der Waals surface area (Å²) in [5, 5.41) is 3.78. The van der Waals surface area contributed by atoms with Gasteiger partial charge in [-0.1, -0.05) is 36.9 Å². The third-order valence-electron chi connectivity index (χ3n) is 5.44. The van der Waals surface area contributed by atoms with Gasteiger partial charge in [0.1, 0.15) is 5.82 Å². The highest BCUT2D eigenvalue weighted by molar-refractivity contribution is 7.98. The van der Waals surface area contributed by atoms with Crippen molar-refractivity contribution >= 4 is 28.6 Å². The van der Waals surface area contributed by atoms with Crippen LogP contribution in [0.5, 0.6) is 0 Å². The predicted molar refractivity (Wildman–Crippen MR) is 124 cm³/mol. The van der Waals surface area contributed by atoms with E-state index in [1.54, 1.807) is 41.0 Å². The fourth-order valence-corrected chi connectivity index (χ4v) is 4.70. The molecule has 1 atom stereocenters. The Labute approximate surface area is 190 Å². The smallest absolute Gasteiger partial charge is 0.262 e. The highest BCUT2D eigenvalue weighted by atomic mass is 32.2. The van der Waals surface area contributed by atoms with E-state index in [2.05, 4.69) is 5.32 Å². The molecular weight excluding hydrogens is 429 g/mol. The first-order valence-corrected chi connectivity index (χ1v) is 11.9.